The minimum Gasteiger partial charge on any atom is -0.491 e. The van der Waals surface area contributed by atoms with Gasteiger partial charge in [-0.25, -0.2) is 0 Å². The van der Waals surface area contributed by atoms with E-state index in [1.54, 1.807) is 0 Å². The fourth-order valence-electron chi connectivity index (χ4n) is 2.28. The highest BCUT2D eigenvalue weighted by Crippen LogP contribution is 2.25. The van der Waals surface area contributed by atoms with Crippen LogP contribution in [0.2, 0.25) is 0 Å². The Labute approximate surface area is 117 Å². The average molecular weight is 265 g/mol. The largest absolute Gasteiger partial charge is 0.491 e. The summed E-state index contributed by atoms with van der Waals surface area (Å²) in [6.07, 6.45) is 1.36. The molecule has 3 heteroatoms. The molecular weight excluding hydrogens is 238 g/mol. The lowest BCUT2D eigenvalue weighted by atomic mass is 9.99. The van der Waals surface area contributed by atoms with Crippen LogP contribution in [0.4, 0.5) is 0 Å². The predicted octanol–water partition coefficient (Wildman–Crippen LogP) is 3.55. The van der Waals surface area contributed by atoms with Gasteiger partial charge in [-0.2, -0.15) is 0 Å². The zero-order valence-corrected chi connectivity index (χ0v) is 12.8. The molecular formula is C16H27NO2. The van der Waals surface area contributed by atoms with Crippen molar-refractivity contribution in [2.75, 3.05) is 13.7 Å². The highest BCUT2D eigenvalue weighted by molar-refractivity contribution is 5.31. The van der Waals surface area contributed by atoms with E-state index in [1.165, 1.54) is 5.56 Å². The molecule has 1 N–H and O–H groups in total. The van der Waals surface area contributed by atoms with Crippen LogP contribution in [0, 0.1) is 0 Å². The molecule has 0 bridgehead atoms. The van der Waals surface area contributed by atoms with E-state index in [1.807, 2.05) is 40.0 Å². The molecule has 1 rings (SSSR count). The molecule has 0 saturated carbocycles. The highest BCUT2D eigenvalue weighted by atomic mass is 16.5. The van der Waals surface area contributed by atoms with E-state index in [0.717, 1.165) is 18.8 Å². The fourth-order valence-corrected chi connectivity index (χ4v) is 2.28. The van der Waals surface area contributed by atoms with Crippen molar-refractivity contribution in [1.82, 2.24) is 5.32 Å². The molecule has 0 radical (unpaired) electrons. The number of hydrogen-bond donors (Lipinski definition) is 1. The number of benzene rings is 1. The Balaban J connectivity index is 2.90. The van der Waals surface area contributed by atoms with Gasteiger partial charge in [-0.3, -0.25) is 0 Å². The van der Waals surface area contributed by atoms with E-state index < -0.39 is 0 Å². The Morgan fingerprint density at radius 3 is 2.47 bits per heavy atom. The molecule has 3 nitrogen and oxygen atoms in total. The molecule has 1 aromatic carbocycles. The normalized spacial score (nSPS) is 14.4. The maximum atomic E-state index is 5.82. The third kappa shape index (κ3) is 4.84. The van der Waals surface area contributed by atoms with Crippen LogP contribution in [0.1, 0.15) is 45.7 Å². The number of hydrogen-bond acceptors (Lipinski definition) is 3. The summed E-state index contributed by atoms with van der Waals surface area (Å²) in [7, 11) is 1.97. The standard InChI is InChI=1S/C16H27NO2/c1-6-15(18-7-2)16(17-5)13-9-8-10-14(11-13)19-12(3)4/h8-12,15-17H,6-7H2,1-5H3. The van der Waals surface area contributed by atoms with Gasteiger partial charge in [0.15, 0.2) is 0 Å². The summed E-state index contributed by atoms with van der Waals surface area (Å²) in [6.45, 7) is 9.00. The first kappa shape index (κ1) is 16.0. The average Bonchev–Trinajstić information content (AvgIpc) is 2.38. The molecule has 2 atom stereocenters. The molecule has 0 aliphatic rings. The lowest BCUT2D eigenvalue weighted by Crippen LogP contribution is -2.31. The molecule has 0 aliphatic heterocycles. The first-order valence-corrected chi connectivity index (χ1v) is 7.17. The summed E-state index contributed by atoms with van der Waals surface area (Å²) in [5, 5.41) is 3.35. The van der Waals surface area contributed by atoms with E-state index >= 15 is 0 Å². The molecule has 2 unspecified atom stereocenters. The van der Waals surface area contributed by atoms with Crippen molar-refractivity contribution >= 4 is 0 Å². The van der Waals surface area contributed by atoms with E-state index in [2.05, 4.69) is 24.4 Å². The molecule has 0 fully saturated rings. The maximum absolute atomic E-state index is 5.82. The number of rotatable bonds is 8. The summed E-state index contributed by atoms with van der Waals surface area (Å²) in [4.78, 5) is 0. The van der Waals surface area contributed by atoms with Crippen molar-refractivity contribution in [3.05, 3.63) is 29.8 Å². The Morgan fingerprint density at radius 1 is 1.21 bits per heavy atom. The molecule has 0 aliphatic carbocycles. The van der Waals surface area contributed by atoms with Gasteiger partial charge in [-0.15, -0.1) is 0 Å². The summed E-state index contributed by atoms with van der Waals surface area (Å²) in [5.41, 5.74) is 1.21. The topological polar surface area (TPSA) is 30.5 Å². The zero-order valence-electron chi connectivity index (χ0n) is 12.8. The Bertz CT molecular complexity index is 366. The van der Waals surface area contributed by atoms with Gasteiger partial charge in [0.2, 0.25) is 0 Å². The minimum atomic E-state index is 0.185. The van der Waals surface area contributed by atoms with Crippen molar-refractivity contribution < 1.29 is 9.47 Å². The van der Waals surface area contributed by atoms with Crippen LogP contribution >= 0.6 is 0 Å². The number of likely N-dealkylation sites (N-methyl/N-ethyl adjacent to an activating group) is 1. The van der Waals surface area contributed by atoms with Crippen molar-refractivity contribution in [2.24, 2.45) is 0 Å². The van der Waals surface area contributed by atoms with Crippen molar-refractivity contribution in [3.63, 3.8) is 0 Å². The first-order valence-electron chi connectivity index (χ1n) is 7.17. The molecule has 0 amide bonds. The van der Waals surface area contributed by atoms with Crippen LogP contribution in [0.5, 0.6) is 5.75 Å². The minimum absolute atomic E-state index is 0.185. The second-order valence-electron chi connectivity index (χ2n) is 4.91. The van der Waals surface area contributed by atoms with Gasteiger partial charge in [-0.1, -0.05) is 19.1 Å². The van der Waals surface area contributed by atoms with Crippen molar-refractivity contribution in [3.8, 4) is 5.75 Å². The molecule has 0 aromatic heterocycles. The Kier molecular flexibility index (Phi) is 6.89. The monoisotopic (exact) mass is 265 g/mol. The van der Waals surface area contributed by atoms with Gasteiger partial charge in [0.05, 0.1) is 18.2 Å². The maximum Gasteiger partial charge on any atom is 0.120 e. The third-order valence-corrected chi connectivity index (χ3v) is 3.05. The highest BCUT2D eigenvalue weighted by Gasteiger charge is 2.20. The summed E-state index contributed by atoms with van der Waals surface area (Å²) in [6, 6.07) is 8.45. The first-order chi connectivity index (χ1) is 9.12. The number of nitrogens with one attached hydrogen (secondary N) is 1. The summed E-state index contributed by atoms with van der Waals surface area (Å²) >= 11 is 0. The SMILES string of the molecule is CCOC(CC)C(NC)c1cccc(OC(C)C)c1. The summed E-state index contributed by atoms with van der Waals surface area (Å²) < 4.78 is 11.6. The van der Waals surface area contributed by atoms with Crippen LogP contribution < -0.4 is 10.1 Å². The second-order valence-corrected chi connectivity index (χ2v) is 4.91. The van der Waals surface area contributed by atoms with Crippen LogP contribution in [0.25, 0.3) is 0 Å². The van der Waals surface area contributed by atoms with E-state index in [9.17, 15) is 0 Å². The molecule has 108 valence electrons. The van der Waals surface area contributed by atoms with Crippen LogP contribution in [-0.2, 0) is 4.74 Å². The van der Waals surface area contributed by atoms with Crippen molar-refractivity contribution in [2.45, 2.75) is 52.4 Å². The van der Waals surface area contributed by atoms with E-state index in [0.29, 0.717) is 0 Å². The van der Waals surface area contributed by atoms with E-state index in [4.69, 9.17) is 9.47 Å². The summed E-state index contributed by atoms with van der Waals surface area (Å²) in [5.74, 6) is 0.916. The lowest BCUT2D eigenvalue weighted by Gasteiger charge is -2.26. The second kappa shape index (κ2) is 8.18. The lowest BCUT2D eigenvalue weighted by molar-refractivity contribution is 0.0333. The van der Waals surface area contributed by atoms with Crippen LogP contribution in [-0.4, -0.2) is 25.9 Å². The smallest absolute Gasteiger partial charge is 0.120 e. The van der Waals surface area contributed by atoms with Gasteiger partial charge in [0.25, 0.3) is 0 Å². The van der Waals surface area contributed by atoms with Gasteiger partial charge in [-0.05, 0) is 51.9 Å². The van der Waals surface area contributed by atoms with E-state index in [-0.39, 0.29) is 18.2 Å². The quantitative estimate of drug-likeness (QED) is 0.779. The zero-order chi connectivity index (χ0) is 14.3. The Hall–Kier alpha value is -1.06. The predicted molar refractivity (Wildman–Crippen MR) is 79.7 cm³/mol. The van der Waals surface area contributed by atoms with Crippen LogP contribution in [0.15, 0.2) is 24.3 Å². The van der Waals surface area contributed by atoms with Gasteiger partial charge in [0, 0.05) is 6.61 Å². The molecule has 0 saturated heterocycles. The van der Waals surface area contributed by atoms with Crippen molar-refractivity contribution in [1.29, 1.82) is 0 Å². The molecule has 1 aromatic rings. The molecule has 0 heterocycles. The van der Waals surface area contributed by atoms with Gasteiger partial charge in [0.1, 0.15) is 5.75 Å². The van der Waals surface area contributed by atoms with Crippen LogP contribution in [0.3, 0.4) is 0 Å². The number of ether oxygens (including phenoxy) is 2. The van der Waals surface area contributed by atoms with Gasteiger partial charge < -0.3 is 14.8 Å². The molecule has 19 heavy (non-hydrogen) atoms. The fraction of sp³-hybridized carbons (Fsp3) is 0.625. The third-order valence-electron chi connectivity index (χ3n) is 3.05. The Morgan fingerprint density at radius 2 is 1.95 bits per heavy atom. The van der Waals surface area contributed by atoms with Gasteiger partial charge >= 0.3 is 0 Å². The molecule has 0 spiro atoms.